The molecule has 1 aromatic carbocycles. The molecule has 0 spiro atoms. The molecule has 0 aliphatic rings. The molecule has 1 heterocycles. The van der Waals surface area contributed by atoms with Gasteiger partial charge in [-0.05, 0) is 25.8 Å². The van der Waals surface area contributed by atoms with Gasteiger partial charge in [0.1, 0.15) is 0 Å². The number of benzene rings is 1. The summed E-state index contributed by atoms with van der Waals surface area (Å²) in [6.45, 7) is 6.72. The molecule has 102 valence electrons. The van der Waals surface area contributed by atoms with Gasteiger partial charge in [0.15, 0.2) is 5.82 Å². The second kappa shape index (κ2) is 5.53. The predicted octanol–water partition coefficient (Wildman–Crippen LogP) is 2.60. The topological polar surface area (TPSA) is 64.9 Å². The van der Waals surface area contributed by atoms with Crippen LogP contribution >= 0.6 is 0 Å². The van der Waals surface area contributed by atoms with Crippen molar-refractivity contribution in [1.82, 2.24) is 10.1 Å². The van der Waals surface area contributed by atoms with E-state index in [4.69, 9.17) is 10.3 Å². The fourth-order valence-corrected chi connectivity index (χ4v) is 1.96. The summed E-state index contributed by atoms with van der Waals surface area (Å²) in [5.41, 5.74) is 8.01. The Morgan fingerprint density at radius 2 is 2.16 bits per heavy atom. The number of nitrogens with two attached hydrogens (primary N) is 1. The van der Waals surface area contributed by atoms with Crippen LogP contribution in [-0.2, 0) is 11.8 Å². The van der Waals surface area contributed by atoms with E-state index in [-0.39, 0.29) is 5.41 Å². The highest BCUT2D eigenvalue weighted by atomic mass is 16.5. The van der Waals surface area contributed by atoms with Crippen LogP contribution < -0.4 is 5.73 Å². The van der Waals surface area contributed by atoms with Crippen LogP contribution in [0.3, 0.4) is 0 Å². The number of rotatable bonds is 5. The molecule has 0 saturated heterocycles. The van der Waals surface area contributed by atoms with Crippen molar-refractivity contribution in [3.63, 3.8) is 0 Å². The Bertz CT molecular complexity index is 544. The van der Waals surface area contributed by atoms with E-state index in [1.165, 1.54) is 11.1 Å². The van der Waals surface area contributed by atoms with E-state index in [0.717, 1.165) is 6.42 Å². The van der Waals surface area contributed by atoms with E-state index >= 15 is 0 Å². The number of hydrogen-bond donors (Lipinski definition) is 1. The largest absolute Gasteiger partial charge is 0.339 e. The monoisotopic (exact) mass is 259 g/mol. The third-order valence-electron chi connectivity index (χ3n) is 3.66. The quantitative estimate of drug-likeness (QED) is 0.896. The molecule has 0 aliphatic heterocycles. The zero-order valence-electron chi connectivity index (χ0n) is 11.8. The molecular weight excluding hydrogens is 238 g/mol. The number of nitrogens with zero attached hydrogens (tertiary/aromatic N) is 2. The van der Waals surface area contributed by atoms with Crippen molar-refractivity contribution in [1.29, 1.82) is 0 Å². The minimum Gasteiger partial charge on any atom is -0.339 e. The minimum absolute atomic E-state index is 0.224. The van der Waals surface area contributed by atoms with Gasteiger partial charge in [0.2, 0.25) is 5.89 Å². The van der Waals surface area contributed by atoms with E-state index < -0.39 is 0 Å². The lowest BCUT2D eigenvalue weighted by molar-refractivity contribution is 0.289. The lowest BCUT2D eigenvalue weighted by Crippen LogP contribution is -2.31. The van der Waals surface area contributed by atoms with Crippen molar-refractivity contribution in [3.05, 3.63) is 47.1 Å². The highest BCUT2D eigenvalue weighted by Gasteiger charge is 2.29. The molecule has 0 aliphatic carbocycles. The summed E-state index contributed by atoms with van der Waals surface area (Å²) in [5.74, 6) is 1.36. The van der Waals surface area contributed by atoms with Crippen molar-refractivity contribution < 1.29 is 4.52 Å². The maximum atomic E-state index is 5.80. The summed E-state index contributed by atoms with van der Waals surface area (Å²) in [5, 5.41) is 4.06. The van der Waals surface area contributed by atoms with Gasteiger partial charge < -0.3 is 10.3 Å². The molecule has 1 aromatic heterocycles. The van der Waals surface area contributed by atoms with Crippen molar-refractivity contribution >= 4 is 0 Å². The molecular formula is C15H21N3O. The fourth-order valence-electron chi connectivity index (χ4n) is 1.96. The molecule has 0 bridgehead atoms. The first-order valence-corrected chi connectivity index (χ1v) is 6.66. The van der Waals surface area contributed by atoms with Crippen molar-refractivity contribution in [3.8, 4) is 0 Å². The Kier molecular flexibility index (Phi) is 4.00. The number of hydrogen-bond acceptors (Lipinski definition) is 4. The molecule has 0 saturated carbocycles. The molecule has 19 heavy (non-hydrogen) atoms. The van der Waals surface area contributed by atoms with Crippen LogP contribution in [0.5, 0.6) is 0 Å². The van der Waals surface area contributed by atoms with Gasteiger partial charge in [0, 0.05) is 13.0 Å². The van der Waals surface area contributed by atoms with E-state index in [2.05, 4.69) is 49.1 Å². The van der Waals surface area contributed by atoms with Gasteiger partial charge in [-0.15, -0.1) is 0 Å². The van der Waals surface area contributed by atoms with Crippen LogP contribution in [0.4, 0.5) is 0 Å². The Hall–Kier alpha value is -1.68. The minimum atomic E-state index is -0.224. The van der Waals surface area contributed by atoms with Crippen LogP contribution in [0.15, 0.2) is 28.8 Å². The molecule has 1 unspecified atom stereocenters. The summed E-state index contributed by atoms with van der Waals surface area (Å²) < 4.78 is 5.37. The lowest BCUT2D eigenvalue weighted by atomic mass is 9.88. The standard InChI is InChI=1S/C15H21N3O/c1-4-15(3,10-16)14-17-13(18-19-14)9-12-7-5-6-11(2)8-12/h5-8H,4,9-10,16H2,1-3H3. The molecule has 4 heteroatoms. The highest BCUT2D eigenvalue weighted by molar-refractivity contribution is 5.24. The van der Waals surface area contributed by atoms with Gasteiger partial charge in [-0.2, -0.15) is 4.98 Å². The summed E-state index contributed by atoms with van der Waals surface area (Å²) >= 11 is 0. The first-order valence-electron chi connectivity index (χ1n) is 6.66. The second-order valence-corrected chi connectivity index (χ2v) is 5.30. The Balaban J connectivity index is 2.18. The second-order valence-electron chi connectivity index (χ2n) is 5.30. The summed E-state index contributed by atoms with van der Waals surface area (Å²) in [6.07, 6.45) is 1.57. The molecule has 0 radical (unpaired) electrons. The Morgan fingerprint density at radius 1 is 1.37 bits per heavy atom. The number of aryl methyl sites for hydroxylation is 1. The Labute approximate surface area is 114 Å². The third-order valence-corrected chi connectivity index (χ3v) is 3.66. The van der Waals surface area contributed by atoms with Gasteiger partial charge in [-0.25, -0.2) is 0 Å². The molecule has 4 nitrogen and oxygen atoms in total. The van der Waals surface area contributed by atoms with Gasteiger partial charge in [-0.3, -0.25) is 0 Å². The summed E-state index contributed by atoms with van der Waals surface area (Å²) in [6, 6.07) is 8.33. The third kappa shape index (κ3) is 3.01. The molecule has 1 atom stereocenters. The first-order chi connectivity index (χ1) is 9.07. The smallest absolute Gasteiger partial charge is 0.233 e. The average Bonchev–Trinajstić information content (AvgIpc) is 2.87. The molecule has 2 N–H and O–H groups in total. The normalized spacial score (nSPS) is 14.3. The van der Waals surface area contributed by atoms with E-state index in [1.54, 1.807) is 0 Å². The van der Waals surface area contributed by atoms with Crippen LogP contribution in [0, 0.1) is 6.92 Å². The first kappa shape index (κ1) is 13.7. The van der Waals surface area contributed by atoms with Crippen LogP contribution in [0.2, 0.25) is 0 Å². The maximum absolute atomic E-state index is 5.80. The van der Waals surface area contributed by atoms with Gasteiger partial charge in [-0.1, -0.05) is 41.9 Å². The molecule has 2 rings (SSSR count). The van der Waals surface area contributed by atoms with Crippen molar-refractivity contribution in [2.45, 2.75) is 39.0 Å². The van der Waals surface area contributed by atoms with Crippen LogP contribution in [-0.4, -0.2) is 16.7 Å². The molecule has 2 aromatic rings. The highest BCUT2D eigenvalue weighted by Crippen LogP contribution is 2.24. The summed E-state index contributed by atoms with van der Waals surface area (Å²) in [7, 11) is 0. The average molecular weight is 259 g/mol. The predicted molar refractivity (Wildman–Crippen MR) is 75.0 cm³/mol. The van der Waals surface area contributed by atoms with Gasteiger partial charge >= 0.3 is 0 Å². The van der Waals surface area contributed by atoms with Crippen LogP contribution in [0.1, 0.15) is 43.1 Å². The molecule has 0 fully saturated rings. The zero-order chi connectivity index (χ0) is 13.9. The van der Waals surface area contributed by atoms with E-state index in [1.807, 2.05) is 6.07 Å². The Morgan fingerprint density at radius 3 is 2.79 bits per heavy atom. The van der Waals surface area contributed by atoms with Gasteiger partial charge in [0.05, 0.1) is 5.41 Å². The lowest BCUT2D eigenvalue weighted by Gasteiger charge is -2.20. The van der Waals surface area contributed by atoms with Crippen LogP contribution in [0.25, 0.3) is 0 Å². The van der Waals surface area contributed by atoms with Crippen molar-refractivity contribution in [2.75, 3.05) is 6.54 Å². The van der Waals surface area contributed by atoms with Crippen molar-refractivity contribution in [2.24, 2.45) is 5.73 Å². The summed E-state index contributed by atoms with van der Waals surface area (Å²) in [4.78, 5) is 4.49. The van der Waals surface area contributed by atoms with E-state index in [0.29, 0.717) is 24.7 Å². The van der Waals surface area contributed by atoms with E-state index in [9.17, 15) is 0 Å². The number of aromatic nitrogens is 2. The van der Waals surface area contributed by atoms with Gasteiger partial charge in [0.25, 0.3) is 0 Å². The molecule has 0 amide bonds. The maximum Gasteiger partial charge on any atom is 0.233 e. The zero-order valence-corrected chi connectivity index (χ0v) is 11.8. The SMILES string of the molecule is CCC(C)(CN)c1nc(Cc2cccc(C)c2)no1. The fraction of sp³-hybridized carbons (Fsp3) is 0.467.